The predicted octanol–water partition coefficient (Wildman–Crippen LogP) is 2.49. The Balaban J connectivity index is 1.44. The van der Waals surface area contributed by atoms with Crippen LogP contribution in [0.3, 0.4) is 0 Å². The topological polar surface area (TPSA) is 82.0 Å². The van der Waals surface area contributed by atoms with Crippen LogP contribution < -0.4 is 20.3 Å². The van der Waals surface area contributed by atoms with E-state index in [1.165, 1.54) is 24.3 Å². The van der Waals surface area contributed by atoms with Gasteiger partial charge < -0.3 is 25.4 Å². The number of aliphatic imine (C=N–C) groups is 1. The fourth-order valence-corrected chi connectivity index (χ4v) is 3.39. The van der Waals surface area contributed by atoms with E-state index in [9.17, 15) is 9.50 Å². The summed E-state index contributed by atoms with van der Waals surface area (Å²) in [6.07, 6.45) is 3.11. The quantitative estimate of drug-likeness (QED) is 0.442. The second kappa shape index (κ2) is 11.5. The summed E-state index contributed by atoms with van der Waals surface area (Å²) in [5.74, 6) is 1.91. The summed E-state index contributed by atoms with van der Waals surface area (Å²) < 4.78 is 18.4. The first-order valence-corrected chi connectivity index (χ1v) is 10.8. The molecule has 2 aromatic rings. The Hall–Kier alpha value is -2.87. The van der Waals surface area contributed by atoms with E-state index in [2.05, 4.69) is 37.6 Å². The highest BCUT2D eigenvalue weighted by Crippen LogP contribution is 2.18. The summed E-state index contributed by atoms with van der Waals surface area (Å²) in [5.41, 5.74) is 1.16. The molecular weight excluding hydrogens is 397 g/mol. The molecule has 0 aliphatic carbocycles. The van der Waals surface area contributed by atoms with Crippen LogP contribution in [0.4, 0.5) is 10.2 Å². The van der Waals surface area contributed by atoms with Crippen LogP contribution in [0, 0.1) is 12.7 Å². The molecule has 1 aromatic heterocycles. The van der Waals surface area contributed by atoms with E-state index in [-0.39, 0.29) is 19.0 Å². The molecule has 31 heavy (non-hydrogen) atoms. The van der Waals surface area contributed by atoms with Gasteiger partial charge in [-0.05, 0) is 62.6 Å². The number of hydrogen-bond donors (Lipinski definition) is 3. The number of nitrogens with one attached hydrogen (secondary N) is 2. The molecule has 0 amide bonds. The van der Waals surface area contributed by atoms with Gasteiger partial charge in [0.05, 0.1) is 6.54 Å². The molecule has 2 heterocycles. The third kappa shape index (κ3) is 7.40. The molecule has 1 aromatic carbocycles. The zero-order chi connectivity index (χ0) is 22.1. The average Bonchev–Trinajstić information content (AvgIpc) is 2.78. The van der Waals surface area contributed by atoms with Gasteiger partial charge in [0, 0.05) is 31.9 Å². The molecule has 7 nitrogen and oxygen atoms in total. The largest absolute Gasteiger partial charge is 0.491 e. The summed E-state index contributed by atoms with van der Waals surface area (Å²) >= 11 is 0. The molecule has 1 fully saturated rings. The number of benzene rings is 1. The van der Waals surface area contributed by atoms with Crippen LogP contribution in [0.25, 0.3) is 0 Å². The average molecular weight is 430 g/mol. The van der Waals surface area contributed by atoms with Crippen molar-refractivity contribution in [1.29, 1.82) is 0 Å². The van der Waals surface area contributed by atoms with E-state index in [0.29, 0.717) is 17.8 Å². The molecule has 0 bridgehead atoms. The van der Waals surface area contributed by atoms with E-state index in [1.54, 1.807) is 0 Å². The number of pyridine rings is 1. The van der Waals surface area contributed by atoms with Crippen LogP contribution in [0.5, 0.6) is 5.75 Å². The highest BCUT2D eigenvalue weighted by Gasteiger charge is 2.21. The SMILES string of the molecule is CCNC(=NCC(O)COc1ccc(F)cc1)NC1CCN(c2ccc(C)cn2)CC1. The van der Waals surface area contributed by atoms with Gasteiger partial charge >= 0.3 is 0 Å². The highest BCUT2D eigenvalue weighted by atomic mass is 19.1. The lowest BCUT2D eigenvalue weighted by Crippen LogP contribution is -2.49. The maximum absolute atomic E-state index is 12.9. The van der Waals surface area contributed by atoms with Gasteiger partial charge in [0.25, 0.3) is 0 Å². The number of guanidine groups is 1. The number of anilines is 1. The number of ether oxygens (including phenoxy) is 1. The number of aryl methyl sites for hydroxylation is 1. The van der Waals surface area contributed by atoms with Crippen molar-refractivity contribution in [3.05, 3.63) is 54.0 Å². The van der Waals surface area contributed by atoms with Crippen molar-refractivity contribution in [3.63, 3.8) is 0 Å². The minimum Gasteiger partial charge on any atom is -0.491 e. The summed E-state index contributed by atoms with van der Waals surface area (Å²) in [4.78, 5) is 11.3. The van der Waals surface area contributed by atoms with Crippen LogP contribution in [0.15, 0.2) is 47.6 Å². The fourth-order valence-electron chi connectivity index (χ4n) is 3.39. The normalized spacial score (nSPS) is 16.1. The van der Waals surface area contributed by atoms with Crippen LogP contribution in [0.2, 0.25) is 0 Å². The number of aromatic nitrogens is 1. The first kappa shape index (κ1) is 22.8. The number of piperidine rings is 1. The van der Waals surface area contributed by atoms with Gasteiger partial charge in [-0.15, -0.1) is 0 Å². The smallest absolute Gasteiger partial charge is 0.191 e. The van der Waals surface area contributed by atoms with E-state index < -0.39 is 6.10 Å². The van der Waals surface area contributed by atoms with Gasteiger partial charge in [-0.1, -0.05) is 6.07 Å². The molecule has 168 valence electrons. The molecule has 3 rings (SSSR count). The standard InChI is InChI=1S/C23H32FN5O2/c1-3-25-23(27-15-20(30)16-31-21-7-5-18(24)6-8-21)28-19-10-12-29(13-11-19)22-9-4-17(2)14-26-22/h4-9,14,19-20,30H,3,10-13,15-16H2,1-2H3,(H2,25,27,28). The fraction of sp³-hybridized carbons (Fsp3) is 0.478. The van der Waals surface area contributed by atoms with E-state index >= 15 is 0 Å². The van der Waals surface area contributed by atoms with E-state index in [4.69, 9.17) is 4.74 Å². The maximum Gasteiger partial charge on any atom is 0.191 e. The monoisotopic (exact) mass is 429 g/mol. The second-order valence-corrected chi connectivity index (χ2v) is 7.74. The summed E-state index contributed by atoms with van der Waals surface area (Å²) in [5, 5.41) is 16.9. The van der Waals surface area contributed by atoms with Crippen molar-refractivity contribution in [2.75, 3.05) is 37.7 Å². The van der Waals surface area contributed by atoms with Gasteiger partial charge in [0.15, 0.2) is 5.96 Å². The third-order valence-corrected chi connectivity index (χ3v) is 5.12. The van der Waals surface area contributed by atoms with E-state index in [1.807, 2.05) is 20.0 Å². The third-order valence-electron chi connectivity index (χ3n) is 5.12. The molecule has 0 radical (unpaired) electrons. The molecule has 8 heteroatoms. The van der Waals surface area contributed by atoms with Gasteiger partial charge in [-0.25, -0.2) is 9.37 Å². The lowest BCUT2D eigenvalue weighted by molar-refractivity contribution is 0.114. The Morgan fingerprint density at radius 1 is 1.26 bits per heavy atom. The highest BCUT2D eigenvalue weighted by molar-refractivity contribution is 5.80. The molecular formula is C23H32FN5O2. The molecule has 3 N–H and O–H groups in total. The van der Waals surface area contributed by atoms with Gasteiger partial charge in [-0.2, -0.15) is 0 Å². The summed E-state index contributed by atoms with van der Waals surface area (Å²) in [6, 6.07) is 10.2. The molecule has 1 atom stereocenters. The lowest BCUT2D eigenvalue weighted by Gasteiger charge is -2.34. The zero-order valence-corrected chi connectivity index (χ0v) is 18.2. The number of hydrogen-bond acceptors (Lipinski definition) is 5. The van der Waals surface area contributed by atoms with E-state index in [0.717, 1.165) is 43.9 Å². The van der Waals surface area contributed by atoms with Crippen molar-refractivity contribution >= 4 is 11.8 Å². The predicted molar refractivity (Wildman–Crippen MR) is 121 cm³/mol. The Labute approximate surface area is 183 Å². The molecule has 0 spiro atoms. The number of nitrogens with zero attached hydrogens (tertiary/aromatic N) is 3. The van der Waals surface area contributed by atoms with Crippen molar-refractivity contribution in [2.45, 2.75) is 38.8 Å². The van der Waals surface area contributed by atoms with Crippen molar-refractivity contribution in [1.82, 2.24) is 15.6 Å². The maximum atomic E-state index is 12.9. The summed E-state index contributed by atoms with van der Waals surface area (Å²) in [7, 11) is 0. The molecule has 1 aliphatic rings. The molecule has 1 aliphatic heterocycles. The Morgan fingerprint density at radius 2 is 2.00 bits per heavy atom. The number of aliphatic hydroxyl groups excluding tert-OH is 1. The van der Waals surface area contributed by atoms with Gasteiger partial charge in [0.2, 0.25) is 0 Å². The molecule has 1 saturated heterocycles. The minimum atomic E-state index is -0.755. The van der Waals surface area contributed by atoms with Crippen molar-refractivity contribution < 1.29 is 14.2 Å². The first-order chi connectivity index (χ1) is 15.0. The number of aliphatic hydroxyl groups is 1. The summed E-state index contributed by atoms with van der Waals surface area (Å²) in [6.45, 7) is 6.96. The van der Waals surface area contributed by atoms with Crippen molar-refractivity contribution in [2.24, 2.45) is 4.99 Å². The first-order valence-electron chi connectivity index (χ1n) is 10.8. The van der Waals surface area contributed by atoms with Crippen LogP contribution in [0.1, 0.15) is 25.3 Å². The van der Waals surface area contributed by atoms with Crippen LogP contribution >= 0.6 is 0 Å². The minimum absolute atomic E-state index is 0.0937. The number of rotatable bonds is 8. The molecule has 0 saturated carbocycles. The van der Waals surface area contributed by atoms with Crippen LogP contribution in [-0.4, -0.2) is 61.0 Å². The van der Waals surface area contributed by atoms with Gasteiger partial charge in [-0.3, -0.25) is 4.99 Å². The number of halogens is 1. The lowest BCUT2D eigenvalue weighted by atomic mass is 10.1. The Morgan fingerprint density at radius 3 is 2.65 bits per heavy atom. The van der Waals surface area contributed by atoms with Crippen molar-refractivity contribution in [3.8, 4) is 5.75 Å². The Kier molecular flexibility index (Phi) is 8.46. The molecule has 1 unspecified atom stereocenters. The second-order valence-electron chi connectivity index (χ2n) is 7.74. The Bertz CT molecular complexity index is 821. The zero-order valence-electron chi connectivity index (χ0n) is 18.2. The van der Waals surface area contributed by atoms with Crippen LogP contribution in [-0.2, 0) is 0 Å². The van der Waals surface area contributed by atoms with Gasteiger partial charge in [0.1, 0.15) is 30.1 Å².